The van der Waals surface area contributed by atoms with Gasteiger partial charge in [0.15, 0.2) is 0 Å². The van der Waals surface area contributed by atoms with Crippen molar-refractivity contribution in [1.82, 2.24) is 9.97 Å². The van der Waals surface area contributed by atoms with Gasteiger partial charge in [0.2, 0.25) is 0 Å². The van der Waals surface area contributed by atoms with Crippen molar-refractivity contribution < 1.29 is 4.74 Å². The summed E-state index contributed by atoms with van der Waals surface area (Å²) >= 11 is 0. The lowest BCUT2D eigenvalue weighted by Crippen LogP contribution is -1.85. The summed E-state index contributed by atoms with van der Waals surface area (Å²) in [4.78, 5) is 9.07. The van der Waals surface area contributed by atoms with Crippen LogP contribution < -0.4 is 4.74 Å². The topological polar surface area (TPSA) is 35.0 Å². The molecule has 188 valence electrons. The molecule has 0 unspecified atom stereocenters. The van der Waals surface area contributed by atoms with Gasteiger partial charge in [0.25, 0.3) is 0 Å². The number of fused-ring (bicyclic) bond motifs is 2. The standard InChI is InChI=1S/C36H28N2O/c1-25-19-31-13-7-29(21-35(31)37-23-25)5-3-27-9-15-33(16-10-27)39-34-17-11-28(12-18-34)4-6-30-8-14-32-20-26(2)24-38-36(32)22-30/h3-24H,1-2H3/b5-3+,6-4+. The van der Waals surface area contributed by atoms with E-state index in [0.29, 0.717) is 0 Å². The molecule has 3 nitrogen and oxygen atoms in total. The summed E-state index contributed by atoms with van der Waals surface area (Å²) in [6.07, 6.45) is 12.2. The normalized spacial score (nSPS) is 11.6. The number of aryl methyl sites for hydroxylation is 2. The molecule has 0 spiro atoms. The molecule has 0 fully saturated rings. The van der Waals surface area contributed by atoms with Crippen LogP contribution in [-0.4, -0.2) is 9.97 Å². The quantitative estimate of drug-likeness (QED) is 0.212. The van der Waals surface area contributed by atoms with Crippen LogP contribution in [0, 0.1) is 13.8 Å². The van der Waals surface area contributed by atoms with E-state index in [1.54, 1.807) is 0 Å². The van der Waals surface area contributed by atoms with E-state index in [1.165, 1.54) is 11.1 Å². The molecule has 0 saturated carbocycles. The minimum Gasteiger partial charge on any atom is -0.457 e. The van der Waals surface area contributed by atoms with E-state index in [-0.39, 0.29) is 0 Å². The fourth-order valence-electron chi connectivity index (χ4n) is 4.52. The minimum atomic E-state index is 0.805. The molecule has 0 aliphatic carbocycles. The van der Waals surface area contributed by atoms with Crippen LogP contribution in [0.5, 0.6) is 11.5 Å². The molecule has 39 heavy (non-hydrogen) atoms. The Labute approximate surface area is 228 Å². The molecular weight excluding hydrogens is 476 g/mol. The molecule has 0 atom stereocenters. The van der Waals surface area contributed by atoms with E-state index in [1.807, 2.05) is 36.7 Å². The first-order valence-corrected chi connectivity index (χ1v) is 13.0. The maximum Gasteiger partial charge on any atom is 0.127 e. The highest BCUT2D eigenvalue weighted by Crippen LogP contribution is 2.24. The second-order valence-corrected chi connectivity index (χ2v) is 9.84. The predicted molar refractivity (Wildman–Crippen MR) is 164 cm³/mol. The molecule has 0 bridgehead atoms. The highest BCUT2D eigenvalue weighted by molar-refractivity contribution is 5.84. The molecule has 0 saturated heterocycles. The Morgan fingerprint density at radius 2 is 0.846 bits per heavy atom. The van der Waals surface area contributed by atoms with Gasteiger partial charge in [0, 0.05) is 23.2 Å². The lowest BCUT2D eigenvalue weighted by atomic mass is 10.1. The molecule has 0 amide bonds. The molecule has 2 heterocycles. The number of ether oxygens (including phenoxy) is 1. The van der Waals surface area contributed by atoms with Crippen molar-refractivity contribution in [3.05, 3.63) is 143 Å². The molecule has 6 rings (SSSR count). The zero-order valence-corrected chi connectivity index (χ0v) is 22.0. The Bertz CT molecular complexity index is 1700. The predicted octanol–water partition coefficient (Wildman–Crippen LogP) is 9.53. The third kappa shape index (κ3) is 5.94. The summed E-state index contributed by atoms with van der Waals surface area (Å²) in [5.41, 5.74) is 8.83. The Morgan fingerprint density at radius 1 is 0.462 bits per heavy atom. The smallest absolute Gasteiger partial charge is 0.127 e. The average Bonchev–Trinajstić information content (AvgIpc) is 2.96. The molecule has 0 radical (unpaired) electrons. The second-order valence-electron chi connectivity index (χ2n) is 9.84. The van der Waals surface area contributed by atoms with E-state index < -0.39 is 0 Å². The van der Waals surface area contributed by atoms with Gasteiger partial charge < -0.3 is 4.74 Å². The van der Waals surface area contributed by atoms with Gasteiger partial charge in [-0.3, -0.25) is 9.97 Å². The van der Waals surface area contributed by atoms with Crippen LogP contribution in [0.4, 0.5) is 0 Å². The lowest BCUT2D eigenvalue weighted by Gasteiger charge is -2.06. The van der Waals surface area contributed by atoms with Gasteiger partial charge in [-0.1, -0.05) is 72.8 Å². The van der Waals surface area contributed by atoms with Crippen molar-refractivity contribution in [2.45, 2.75) is 13.8 Å². The van der Waals surface area contributed by atoms with Crippen LogP contribution in [-0.2, 0) is 0 Å². The third-order valence-corrected chi connectivity index (χ3v) is 6.62. The molecular formula is C36H28N2O. The molecule has 2 aromatic heterocycles. The second kappa shape index (κ2) is 10.8. The minimum absolute atomic E-state index is 0.805. The highest BCUT2D eigenvalue weighted by Gasteiger charge is 2.00. The van der Waals surface area contributed by atoms with Crippen LogP contribution in [0.1, 0.15) is 33.4 Å². The van der Waals surface area contributed by atoms with E-state index in [0.717, 1.165) is 55.6 Å². The van der Waals surface area contributed by atoms with Gasteiger partial charge in [-0.15, -0.1) is 0 Å². The van der Waals surface area contributed by atoms with Crippen LogP contribution in [0.3, 0.4) is 0 Å². The van der Waals surface area contributed by atoms with Crippen molar-refractivity contribution in [1.29, 1.82) is 0 Å². The molecule has 4 aromatic carbocycles. The maximum absolute atomic E-state index is 6.06. The van der Waals surface area contributed by atoms with Crippen LogP contribution in [0.15, 0.2) is 109 Å². The van der Waals surface area contributed by atoms with Crippen LogP contribution in [0.25, 0.3) is 46.1 Å². The maximum atomic E-state index is 6.06. The van der Waals surface area contributed by atoms with Crippen molar-refractivity contribution in [3.8, 4) is 11.5 Å². The van der Waals surface area contributed by atoms with Crippen molar-refractivity contribution >= 4 is 46.1 Å². The highest BCUT2D eigenvalue weighted by atomic mass is 16.5. The van der Waals surface area contributed by atoms with Crippen LogP contribution in [0.2, 0.25) is 0 Å². The van der Waals surface area contributed by atoms with Gasteiger partial charge in [0.1, 0.15) is 11.5 Å². The van der Waals surface area contributed by atoms with Crippen molar-refractivity contribution in [2.24, 2.45) is 0 Å². The first-order chi connectivity index (χ1) is 19.1. The molecule has 0 aliphatic heterocycles. The van der Waals surface area contributed by atoms with Crippen molar-refractivity contribution in [2.75, 3.05) is 0 Å². The number of rotatable bonds is 6. The first-order valence-electron chi connectivity index (χ1n) is 13.0. The van der Waals surface area contributed by atoms with E-state index >= 15 is 0 Å². The van der Waals surface area contributed by atoms with Gasteiger partial charge in [-0.2, -0.15) is 0 Å². The summed E-state index contributed by atoms with van der Waals surface area (Å²) in [5.74, 6) is 1.61. The summed E-state index contributed by atoms with van der Waals surface area (Å²) < 4.78 is 6.06. The van der Waals surface area contributed by atoms with Gasteiger partial charge >= 0.3 is 0 Å². The monoisotopic (exact) mass is 504 g/mol. The zero-order chi connectivity index (χ0) is 26.6. The summed E-state index contributed by atoms with van der Waals surface area (Å²) in [6, 6.07) is 33.2. The number of aromatic nitrogens is 2. The average molecular weight is 505 g/mol. The number of hydrogen-bond acceptors (Lipinski definition) is 3. The summed E-state index contributed by atoms with van der Waals surface area (Å²) in [6.45, 7) is 4.13. The van der Waals surface area contributed by atoms with E-state index in [4.69, 9.17) is 4.74 Å². The number of pyridine rings is 2. The fourth-order valence-corrected chi connectivity index (χ4v) is 4.52. The fraction of sp³-hybridized carbons (Fsp3) is 0.0556. The van der Waals surface area contributed by atoms with Crippen molar-refractivity contribution in [3.63, 3.8) is 0 Å². The first kappa shape index (κ1) is 24.3. The summed E-state index contributed by atoms with van der Waals surface area (Å²) in [7, 11) is 0. The molecule has 6 aromatic rings. The third-order valence-electron chi connectivity index (χ3n) is 6.62. The van der Waals surface area contributed by atoms with Crippen LogP contribution >= 0.6 is 0 Å². The Kier molecular flexibility index (Phi) is 6.71. The largest absolute Gasteiger partial charge is 0.457 e. The van der Waals surface area contributed by atoms with E-state index in [9.17, 15) is 0 Å². The molecule has 0 aliphatic rings. The molecule has 0 N–H and O–H groups in total. The lowest BCUT2D eigenvalue weighted by molar-refractivity contribution is 0.482. The Morgan fingerprint density at radius 3 is 1.28 bits per heavy atom. The number of nitrogens with zero attached hydrogens (tertiary/aromatic N) is 2. The summed E-state index contributed by atoms with van der Waals surface area (Å²) in [5, 5.41) is 2.32. The molecule has 3 heteroatoms. The van der Waals surface area contributed by atoms with Gasteiger partial charge in [0.05, 0.1) is 11.0 Å². The Balaban J connectivity index is 1.08. The zero-order valence-electron chi connectivity index (χ0n) is 22.0. The van der Waals surface area contributed by atoms with Gasteiger partial charge in [-0.25, -0.2) is 0 Å². The SMILES string of the molecule is Cc1cnc2cc(/C=C/c3ccc(Oc4ccc(/C=C/c5ccc6cc(C)cnc6c5)cc4)cc3)ccc2c1. The number of hydrogen-bond donors (Lipinski definition) is 0. The Hall–Kier alpha value is -5.02. The number of benzene rings is 4. The van der Waals surface area contributed by atoms with Gasteiger partial charge in [-0.05, 0) is 95.8 Å². The van der Waals surface area contributed by atoms with E-state index in [2.05, 4.69) is 121 Å².